The van der Waals surface area contributed by atoms with Gasteiger partial charge in [0.05, 0.1) is 0 Å². The van der Waals surface area contributed by atoms with Crippen molar-refractivity contribution in [1.82, 2.24) is 10.2 Å². The summed E-state index contributed by atoms with van der Waals surface area (Å²) in [5, 5.41) is 3.67. The van der Waals surface area contributed by atoms with Gasteiger partial charge >= 0.3 is 0 Å². The van der Waals surface area contributed by atoms with Gasteiger partial charge in [0.15, 0.2) is 0 Å². The van der Waals surface area contributed by atoms with Crippen molar-refractivity contribution in [2.45, 2.75) is 56.6 Å². The number of rotatable bonds is 12. The zero-order valence-electron chi connectivity index (χ0n) is 20.6. The molecule has 0 saturated carbocycles. The van der Waals surface area contributed by atoms with Crippen molar-refractivity contribution in [1.29, 1.82) is 0 Å². The van der Waals surface area contributed by atoms with Crippen LogP contribution < -0.4 is 5.32 Å². The second-order valence-corrected chi connectivity index (χ2v) is 10.5. The molecule has 0 bridgehead atoms. The number of nitrogens with one attached hydrogen (secondary N) is 1. The summed E-state index contributed by atoms with van der Waals surface area (Å²) >= 11 is 7.62. The number of thioether (sulfide) groups is 1. The van der Waals surface area contributed by atoms with Crippen molar-refractivity contribution >= 4 is 35.2 Å². The van der Waals surface area contributed by atoms with Gasteiger partial charge in [-0.3, -0.25) is 9.59 Å². The standard InChI is InChI=1S/C29H32ClFN2O2S/c1-21(2)32-29(35)27(19-22-7-4-3-5-8-22)33(20-23-10-14-25(31)15-11-23)28(34)9-6-18-36-26-16-12-24(30)13-17-26/h3-5,7-8,10-17,21,27H,6,9,18-20H2,1-2H3,(H,32,35)/t27-/m1/s1. The van der Waals surface area contributed by atoms with Crippen LogP contribution in [-0.4, -0.2) is 34.6 Å². The number of nitrogens with zero attached hydrogens (tertiary/aromatic N) is 1. The molecule has 0 heterocycles. The van der Waals surface area contributed by atoms with Gasteiger partial charge in [-0.05, 0) is 73.5 Å². The fourth-order valence-corrected chi connectivity index (χ4v) is 4.79. The lowest BCUT2D eigenvalue weighted by atomic mass is 10.0. The maximum atomic E-state index is 13.5. The van der Waals surface area contributed by atoms with Gasteiger partial charge in [0.25, 0.3) is 0 Å². The summed E-state index contributed by atoms with van der Waals surface area (Å²) in [5.74, 6) is 0.129. The summed E-state index contributed by atoms with van der Waals surface area (Å²) in [6, 6.07) is 22.6. The molecule has 0 aliphatic heterocycles. The minimum atomic E-state index is -0.684. The van der Waals surface area contributed by atoms with E-state index in [0.717, 1.165) is 21.8 Å². The first-order chi connectivity index (χ1) is 17.3. The molecule has 0 spiro atoms. The Morgan fingerprint density at radius 3 is 2.25 bits per heavy atom. The Morgan fingerprint density at radius 1 is 0.944 bits per heavy atom. The first-order valence-electron chi connectivity index (χ1n) is 12.1. The predicted octanol–water partition coefficient (Wildman–Crippen LogP) is 6.52. The van der Waals surface area contributed by atoms with Crippen LogP contribution in [0.3, 0.4) is 0 Å². The fraction of sp³-hybridized carbons (Fsp3) is 0.310. The van der Waals surface area contributed by atoms with Crippen LogP contribution in [0.1, 0.15) is 37.8 Å². The highest BCUT2D eigenvalue weighted by Gasteiger charge is 2.30. The van der Waals surface area contributed by atoms with Crippen LogP contribution in [0.4, 0.5) is 4.39 Å². The molecule has 7 heteroatoms. The molecule has 3 aromatic rings. The Bertz CT molecular complexity index is 1110. The smallest absolute Gasteiger partial charge is 0.243 e. The third-order valence-corrected chi connectivity index (χ3v) is 6.94. The monoisotopic (exact) mass is 526 g/mol. The van der Waals surface area contributed by atoms with Gasteiger partial charge in [-0.1, -0.05) is 54.1 Å². The first kappa shape index (κ1) is 27.8. The summed E-state index contributed by atoms with van der Waals surface area (Å²) in [6.45, 7) is 4.03. The van der Waals surface area contributed by atoms with Gasteiger partial charge in [0, 0.05) is 35.3 Å². The Hall–Kier alpha value is -2.83. The molecule has 1 N–H and O–H groups in total. The van der Waals surface area contributed by atoms with E-state index in [1.807, 2.05) is 68.4 Å². The SMILES string of the molecule is CC(C)NC(=O)[C@@H](Cc1ccccc1)N(Cc1ccc(F)cc1)C(=O)CCCSc1ccc(Cl)cc1. The topological polar surface area (TPSA) is 49.4 Å². The average molecular weight is 527 g/mol. The highest BCUT2D eigenvalue weighted by molar-refractivity contribution is 7.99. The molecule has 0 aromatic heterocycles. The third kappa shape index (κ3) is 8.99. The van der Waals surface area contributed by atoms with Crippen molar-refractivity contribution in [3.63, 3.8) is 0 Å². The third-order valence-electron chi connectivity index (χ3n) is 5.59. The van der Waals surface area contributed by atoms with E-state index in [9.17, 15) is 14.0 Å². The maximum Gasteiger partial charge on any atom is 0.243 e. The summed E-state index contributed by atoms with van der Waals surface area (Å²) < 4.78 is 13.5. The Balaban J connectivity index is 1.77. The molecular weight excluding hydrogens is 495 g/mol. The quantitative estimate of drug-likeness (QED) is 0.216. The Morgan fingerprint density at radius 2 is 1.61 bits per heavy atom. The largest absolute Gasteiger partial charge is 0.352 e. The van der Waals surface area contributed by atoms with Crippen LogP contribution in [0.15, 0.2) is 83.8 Å². The number of hydrogen-bond donors (Lipinski definition) is 1. The molecule has 3 aromatic carbocycles. The molecule has 0 unspecified atom stereocenters. The minimum absolute atomic E-state index is 0.0608. The number of benzene rings is 3. The van der Waals surface area contributed by atoms with Crippen molar-refractivity contribution in [3.8, 4) is 0 Å². The average Bonchev–Trinajstić information content (AvgIpc) is 2.86. The van der Waals surface area contributed by atoms with E-state index in [0.29, 0.717) is 24.3 Å². The van der Waals surface area contributed by atoms with Gasteiger partial charge in [-0.15, -0.1) is 11.8 Å². The highest BCUT2D eigenvalue weighted by Crippen LogP contribution is 2.22. The van der Waals surface area contributed by atoms with Crippen LogP contribution in [0.2, 0.25) is 5.02 Å². The first-order valence-corrected chi connectivity index (χ1v) is 13.4. The van der Waals surface area contributed by atoms with Crippen molar-refractivity contribution in [2.24, 2.45) is 0 Å². The predicted molar refractivity (Wildman–Crippen MR) is 146 cm³/mol. The van der Waals surface area contributed by atoms with E-state index in [-0.39, 0.29) is 30.2 Å². The highest BCUT2D eigenvalue weighted by atomic mass is 35.5. The van der Waals surface area contributed by atoms with Crippen molar-refractivity contribution in [3.05, 3.63) is 101 Å². The lowest BCUT2D eigenvalue weighted by Crippen LogP contribution is -2.51. The number of halogens is 2. The number of carbonyl (C=O) groups excluding carboxylic acids is 2. The van der Waals surface area contributed by atoms with Gasteiger partial charge in [0.1, 0.15) is 11.9 Å². The van der Waals surface area contributed by atoms with Gasteiger partial charge in [0.2, 0.25) is 11.8 Å². The number of carbonyl (C=O) groups is 2. The molecule has 2 amide bonds. The van der Waals surface area contributed by atoms with E-state index in [1.165, 1.54) is 12.1 Å². The molecule has 190 valence electrons. The molecule has 4 nitrogen and oxygen atoms in total. The second-order valence-electron chi connectivity index (χ2n) is 8.92. The Labute approximate surface area is 222 Å². The van der Waals surface area contributed by atoms with E-state index in [2.05, 4.69) is 5.32 Å². The van der Waals surface area contributed by atoms with Gasteiger partial charge in [-0.25, -0.2) is 4.39 Å². The zero-order chi connectivity index (χ0) is 25.9. The van der Waals surface area contributed by atoms with Crippen LogP contribution in [0, 0.1) is 5.82 Å². The lowest BCUT2D eigenvalue weighted by molar-refractivity contribution is -0.141. The molecule has 36 heavy (non-hydrogen) atoms. The summed E-state index contributed by atoms with van der Waals surface area (Å²) in [7, 11) is 0. The van der Waals surface area contributed by atoms with Crippen molar-refractivity contribution in [2.75, 3.05) is 5.75 Å². The fourth-order valence-electron chi connectivity index (χ4n) is 3.81. The lowest BCUT2D eigenvalue weighted by Gasteiger charge is -2.32. The molecule has 0 fully saturated rings. The molecule has 0 aliphatic carbocycles. The summed E-state index contributed by atoms with van der Waals surface area (Å²) in [5.41, 5.74) is 1.74. The van der Waals surface area contributed by atoms with Crippen LogP contribution >= 0.6 is 23.4 Å². The van der Waals surface area contributed by atoms with Crippen LogP contribution in [0.25, 0.3) is 0 Å². The minimum Gasteiger partial charge on any atom is -0.352 e. The number of hydrogen-bond acceptors (Lipinski definition) is 3. The number of amides is 2. The second kappa shape index (κ2) is 14.0. The van der Waals surface area contributed by atoms with Crippen molar-refractivity contribution < 1.29 is 14.0 Å². The molecule has 1 atom stereocenters. The molecule has 0 saturated heterocycles. The van der Waals surface area contributed by atoms with Gasteiger partial charge < -0.3 is 10.2 Å². The van der Waals surface area contributed by atoms with Crippen LogP contribution in [0.5, 0.6) is 0 Å². The summed E-state index contributed by atoms with van der Waals surface area (Å²) in [6.07, 6.45) is 1.36. The normalized spacial score (nSPS) is 11.8. The van der Waals surface area contributed by atoms with E-state index >= 15 is 0 Å². The molecule has 3 rings (SSSR count). The van der Waals surface area contributed by atoms with Crippen LogP contribution in [-0.2, 0) is 22.6 Å². The summed E-state index contributed by atoms with van der Waals surface area (Å²) in [4.78, 5) is 29.6. The zero-order valence-corrected chi connectivity index (χ0v) is 22.2. The molecule has 0 radical (unpaired) electrons. The van der Waals surface area contributed by atoms with E-state index in [1.54, 1.807) is 28.8 Å². The van der Waals surface area contributed by atoms with Gasteiger partial charge in [-0.2, -0.15) is 0 Å². The molecule has 0 aliphatic rings. The van der Waals surface area contributed by atoms with E-state index < -0.39 is 6.04 Å². The molecular formula is C29H32ClFN2O2S. The van der Waals surface area contributed by atoms with E-state index in [4.69, 9.17) is 11.6 Å². The maximum absolute atomic E-state index is 13.5. The Kier molecular flexibility index (Phi) is 10.8.